The first-order valence-corrected chi connectivity index (χ1v) is 40.9. The molecular formula is C38H66N12Si6. The maximum Gasteiger partial charge on any atom is 0.318 e. The summed E-state index contributed by atoms with van der Waals surface area (Å²) in [5.74, 6) is -2.87. The van der Waals surface area contributed by atoms with Crippen molar-refractivity contribution in [1.29, 1.82) is 0 Å². The van der Waals surface area contributed by atoms with Crippen LogP contribution in [0.3, 0.4) is 0 Å². The van der Waals surface area contributed by atoms with E-state index < -0.39 is 60.0 Å². The van der Waals surface area contributed by atoms with Gasteiger partial charge >= 0.3 is 11.6 Å². The van der Waals surface area contributed by atoms with Crippen LogP contribution in [0, 0.1) is 0 Å². The predicted molar refractivity (Wildman–Crippen MR) is 249 cm³/mol. The fourth-order valence-electron chi connectivity index (χ4n) is 6.84. The van der Waals surface area contributed by atoms with Crippen LogP contribution in [0.15, 0.2) is 74.4 Å². The highest BCUT2D eigenvalue weighted by Gasteiger charge is 2.66. The molecule has 0 amide bonds. The SMILES string of the molecule is C[Si](C)(C)c1cnn(C(n2cc([Si](C)(C)C)cn2)(n2cc([Si](C)(C)C)cn2)C(n2cc([Si](C)(C)C)cn2)(n2cc([Si](C)(C)C)cn2)n2cc([Si](C)(C)C)cn2)c1. The number of nitrogens with zero attached hydrogens (tertiary/aromatic N) is 12. The first kappa shape index (κ1) is 42.2. The standard InChI is InChI=1S/C38H66N12Si6/c1-51(2,3)31-19-39-45(25-31)37(46-26-32(20-40-46)52(4,5)6,47-27-33(21-41-47)53(7,8)9)38(48-28-34(22-42-48)54(10,11)12,49-29-35(23-43-49)55(13,14)15)50-30-36(24-44-50)56(16,17)18/h19-30H,1-18H3. The summed E-state index contributed by atoms with van der Waals surface area (Å²) in [6.07, 6.45) is 25.8. The molecule has 0 fully saturated rings. The van der Waals surface area contributed by atoms with Gasteiger partial charge in [0.05, 0.1) is 48.4 Å². The van der Waals surface area contributed by atoms with Crippen LogP contribution in [0.25, 0.3) is 0 Å². The molecular weight excluding hydrogens is 793 g/mol. The van der Waals surface area contributed by atoms with Crippen molar-refractivity contribution in [2.45, 2.75) is 129 Å². The Morgan fingerprint density at radius 1 is 0.268 bits per heavy atom. The number of hydrogen-bond acceptors (Lipinski definition) is 6. The minimum absolute atomic E-state index is 1.22. The van der Waals surface area contributed by atoms with Crippen LogP contribution in [0.5, 0.6) is 0 Å². The second kappa shape index (κ2) is 13.6. The van der Waals surface area contributed by atoms with Crippen molar-refractivity contribution in [3.63, 3.8) is 0 Å². The summed E-state index contributed by atoms with van der Waals surface area (Å²) < 4.78 is 12.6. The Kier molecular flexibility index (Phi) is 10.2. The van der Waals surface area contributed by atoms with Crippen LogP contribution in [-0.2, 0) is 11.6 Å². The zero-order valence-corrected chi connectivity index (χ0v) is 43.3. The highest BCUT2D eigenvalue weighted by Crippen LogP contribution is 2.41. The second-order valence-electron chi connectivity index (χ2n) is 21.8. The molecule has 0 aliphatic heterocycles. The van der Waals surface area contributed by atoms with Gasteiger partial charge in [0.1, 0.15) is 0 Å². The Hall–Kier alpha value is -3.44. The first-order chi connectivity index (χ1) is 25.5. The van der Waals surface area contributed by atoms with E-state index in [0.29, 0.717) is 0 Å². The molecule has 0 N–H and O–H groups in total. The smallest absolute Gasteiger partial charge is 0.219 e. The highest BCUT2D eigenvalue weighted by molar-refractivity contribution is 6.90. The summed E-state index contributed by atoms with van der Waals surface area (Å²) in [6.45, 7) is 42.6. The van der Waals surface area contributed by atoms with E-state index in [-0.39, 0.29) is 0 Å². The summed E-state index contributed by atoms with van der Waals surface area (Å²) in [4.78, 5) is 0. The van der Waals surface area contributed by atoms with Gasteiger partial charge in [-0.25, -0.2) is 28.1 Å². The molecule has 0 aliphatic carbocycles. The number of aromatic nitrogens is 12. The minimum atomic E-state index is -1.88. The van der Waals surface area contributed by atoms with E-state index in [1.54, 1.807) is 0 Å². The van der Waals surface area contributed by atoms with Crippen molar-refractivity contribution in [2.75, 3.05) is 0 Å². The van der Waals surface area contributed by atoms with E-state index in [9.17, 15) is 0 Å². The molecule has 0 aromatic carbocycles. The summed E-state index contributed by atoms with van der Waals surface area (Å²) >= 11 is 0. The van der Waals surface area contributed by atoms with E-state index in [1.807, 2.05) is 0 Å². The Bertz CT molecular complexity index is 1900. The van der Waals surface area contributed by atoms with Crippen molar-refractivity contribution in [1.82, 2.24) is 58.7 Å². The average Bonchev–Trinajstić information content (AvgIpc) is 3.90. The van der Waals surface area contributed by atoms with Gasteiger partial charge in [-0.05, 0) is 31.1 Å². The third kappa shape index (κ3) is 7.18. The predicted octanol–water partition coefficient (Wildman–Crippen LogP) is 4.25. The van der Waals surface area contributed by atoms with Crippen LogP contribution in [-0.4, -0.2) is 107 Å². The molecule has 0 unspecified atom stereocenters. The third-order valence-corrected chi connectivity index (χ3v) is 23.0. The number of rotatable bonds is 13. The molecule has 18 heteroatoms. The minimum Gasteiger partial charge on any atom is -0.219 e. The van der Waals surface area contributed by atoms with Crippen molar-refractivity contribution in [2.24, 2.45) is 0 Å². The van der Waals surface area contributed by atoms with Crippen LogP contribution >= 0.6 is 0 Å². The molecule has 0 atom stereocenters. The zero-order valence-electron chi connectivity index (χ0n) is 37.3. The van der Waals surface area contributed by atoms with E-state index in [4.69, 9.17) is 30.6 Å². The van der Waals surface area contributed by atoms with Crippen LogP contribution in [0.1, 0.15) is 0 Å². The van der Waals surface area contributed by atoms with Gasteiger partial charge in [-0.1, -0.05) is 118 Å². The molecule has 12 nitrogen and oxygen atoms in total. The van der Waals surface area contributed by atoms with Gasteiger partial charge in [0.15, 0.2) is 0 Å². The fraction of sp³-hybridized carbons (Fsp3) is 0.526. The summed E-state index contributed by atoms with van der Waals surface area (Å²) in [5.41, 5.74) is 0. The lowest BCUT2D eigenvalue weighted by molar-refractivity contribution is -0.0990. The Labute approximate surface area is 340 Å². The lowest BCUT2D eigenvalue weighted by Crippen LogP contribution is -2.72. The van der Waals surface area contributed by atoms with E-state index in [1.165, 1.54) is 31.1 Å². The van der Waals surface area contributed by atoms with Crippen LogP contribution in [0.4, 0.5) is 0 Å². The van der Waals surface area contributed by atoms with Crippen molar-refractivity contribution >= 4 is 79.6 Å². The molecule has 0 aliphatic rings. The Morgan fingerprint density at radius 3 is 0.482 bits per heavy atom. The highest BCUT2D eigenvalue weighted by atomic mass is 28.3. The van der Waals surface area contributed by atoms with Crippen molar-refractivity contribution < 1.29 is 0 Å². The molecule has 0 radical (unpaired) electrons. The van der Waals surface area contributed by atoms with Gasteiger partial charge in [-0.15, -0.1) is 0 Å². The largest absolute Gasteiger partial charge is 0.318 e. The monoisotopic (exact) mass is 858 g/mol. The van der Waals surface area contributed by atoms with Gasteiger partial charge in [-0.3, -0.25) is 0 Å². The second-order valence-corrected chi connectivity index (χ2v) is 52.3. The quantitative estimate of drug-likeness (QED) is 0.161. The van der Waals surface area contributed by atoms with E-state index in [2.05, 4.69) is 220 Å². The van der Waals surface area contributed by atoms with Gasteiger partial charge < -0.3 is 0 Å². The molecule has 6 rings (SSSR count). The molecule has 6 aromatic heterocycles. The topological polar surface area (TPSA) is 107 Å². The summed E-state index contributed by atoms with van der Waals surface area (Å²) in [5, 5.41) is 39.8. The molecule has 56 heavy (non-hydrogen) atoms. The maximum atomic E-state index is 5.42. The lowest BCUT2D eigenvalue weighted by atomic mass is 10.1. The molecule has 6 aromatic rings. The molecule has 302 valence electrons. The summed E-state index contributed by atoms with van der Waals surface area (Å²) in [7, 11) is -11.3. The Balaban J connectivity index is 1.97. The lowest BCUT2D eigenvalue weighted by Gasteiger charge is -2.49. The number of hydrogen-bond donors (Lipinski definition) is 0. The van der Waals surface area contributed by atoms with Gasteiger partial charge in [-0.2, -0.15) is 30.6 Å². The fourth-order valence-corrected chi connectivity index (χ4v) is 12.6. The normalized spacial score (nSPS) is 14.2. The van der Waals surface area contributed by atoms with Crippen LogP contribution in [0.2, 0.25) is 118 Å². The Morgan fingerprint density at radius 2 is 0.393 bits per heavy atom. The zero-order chi connectivity index (χ0) is 41.7. The van der Waals surface area contributed by atoms with Crippen molar-refractivity contribution in [3.8, 4) is 0 Å². The van der Waals surface area contributed by atoms with Gasteiger partial charge in [0.2, 0.25) is 0 Å². The van der Waals surface area contributed by atoms with E-state index in [0.717, 1.165) is 0 Å². The molecule has 0 saturated carbocycles. The average molecular weight is 860 g/mol. The maximum absolute atomic E-state index is 5.42. The van der Waals surface area contributed by atoms with Crippen LogP contribution < -0.4 is 31.1 Å². The van der Waals surface area contributed by atoms with Gasteiger partial charge in [0, 0.05) is 74.4 Å². The first-order valence-electron chi connectivity index (χ1n) is 19.9. The van der Waals surface area contributed by atoms with E-state index >= 15 is 0 Å². The van der Waals surface area contributed by atoms with Gasteiger partial charge in [0.25, 0.3) is 0 Å². The third-order valence-electron chi connectivity index (χ3n) is 11.1. The molecule has 0 saturated heterocycles. The molecule has 6 heterocycles. The summed E-state index contributed by atoms with van der Waals surface area (Å²) in [6, 6.07) is 0. The molecule has 0 spiro atoms. The van der Waals surface area contributed by atoms with Crippen molar-refractivity contribution in [3.05, 3.63) is 74.4 Å². The molecule has 0 bridgehead atoms.